The summed E-state index contributed by atoms with van der Waals surface area (Å²) >= 11 is 0. The molecule has 0 saturated carbocycles. The normalized spacial score (nSPS) is 13.7. The molecule has 0 heterocycles. The first-order chi connectivity index (χ1) is 6.89. The van der Waals surface area contributed by atoms with Gasteiger partial charge in [-0.3, -0.25) is 0 Å². The van der Waals surface area contributed by atoms with E-state index in [0.29, 0.717) is 13.0 Å². The number of nitrogens with one attached hydrogen (secondary N) is 1. The largest absolute Gasteiger partial charge is 0.479 e. The van der Waals surface area contributed by atoms with E-state index in [4.69, 9.17) is 10.2 Å². The van der Waals surface area contributed by atoms with Gasteiger partial charge in [-0.15, -0.1) is 0 Å². The summed E-state index contributed by atoms with van der Waals surface area (Å²) in [4.78, 5) is 10.2. The number of carboxylic acid groups (broad SMARTS) is 1. The minimum atomic E-state index is -3.54. The molecule has 0 aromatic carbocycles. The van der Waals surface area contributed by atoms with Crippen LogP contribution < -0.4 is 4.72 Å². The maximum Gasteiger partial charge on any atom is 0.333 e. The van der Waals surface area contributed by atoms with Gasteiger partial charge in [-0.1, -0.05) is 0 Å². The molecule has 8 heteroatoms. The van der Waals surface area contributed by atoms with E-state index in [1.54, 1.807) is 0 Å². The first-order valence-corrected chi connectivity index (χ1v) is 5.91. The van der Waals surface area contributed by atoms with Crippen LogP contribution in [0.5, 0.6) is 0 Å². The van der Waals surface area contributed by atoms with Gasteiger partial charge in [-0.25, -0.2) is 17.9 Å². The van der Waals surface area contributed by atoms with Gasteiger partial charge in [0.25, 0.3) is 0 Å². The monoisotopic (exact) mass is 241 g/mol. The molecule has 0 aliphatic carbocycles. The van der Waals surface area contributed by atoms with E-state index in [1.807, 2.05) is 4.72 Å². The number of ether oxygens (including phenoxy) is 1. The predicted octanol–water partition coefficient (Wildman–Crippen LogP) is -1.61. The third-order valence-electron chi connectivity index (χ3n) is 1.54. The molecule has 1 atom stereocenters. The molecule has 0 aromatic rings. The van der Waals surface area contributed by atoms with Crippen molar-refractivity contribution >= 4 is 16.0 Å². The molecule has 0 aliphatic heterocycles. The Morgan fingerprint density at radius 3 is 2.60 bits per heavy atom. The van der Waals surface area contributed by atoms with Gasteiger partial charge in [-0.2, -0.15) is 0 Å². The second kappa shape index (κ2) is 6.72. The van der Waals surface area contributed by atoms with Crippen LogP contribution >= 0.6 is 0 Å². The lowest BCUT2D eigenvalue weighted by molar-refractivity contribution is -0.146. The van der Waals surface area contributed by atoms with Crippen LogP contribution in [-0.2, 0) is 19.6 Å². The molecular weight excluding hydrogens is 226 g/mol. The molecule has 0 rings (SSSR count). The summed E-state index contributed by atoms with van der Waals surface area (Å²) < 4.78 is 29.0. The van der Waals surface area contributed by atoms with E-state index in [1.165, 1.54) is 7.11 Å². The lowest BCUT2D eigenvalue weighted by Crippen LogP contribution is -2.37. The molecular formula is C7H15NO6S. The molecule has 90 valence electrons. The number of aliphatic carboxylic acids is 1. The first-order valence-electron chi connectivity index (χ1n) is 4.26. The van der Waals surface area contributed by atoms with Crippen LogP contribution in [-0.4, -0.2) is 56.7 Å². The van der Waals surface area contributed by atoms with Crippen LogP contribution in [0.25, 0.3) is 0 Å². The standard InChI is InChI=1S/C7H15NO6S/c1-14-3-2-4-15(12,13)8-5-6(9)7(10)11/h6,8-9H,2-5H2,1H3,(H,10,11)/t6-/m0/s1. The zero-order chi connectivity index (χ0) is 11.9. The van der Waals surface area contributed by atoms with Gasteiger partial charge in [0.05, 0.1) is 5.75 Å². The number of carboxylic acids is 1. The van der Waals surface area contributed by atoms with Crippen LogP contribution in [0.3, 0.4) is 0 Å². The minimum Gasteiger partial charge on any atom is -0.479 e. The molecule has 3 N–H and O–H groups in total. The average Bonchev–Trinajstić information content (AvgIpc) is 2.14. The lowest BCUT2D eigenvalue weighted by atomic mass is 10.4. The number of sulfonamides is 1. The van der Waals surface area contributed by atoms with Crippen LogP contribution in [0.4, 0.5) is 0 Å². The third-order valence-corrected chi connectivity index (χ3v) is 2.98. The molecule has 0 aliphatic rings. The molecule has 0 fully saturated rings. The molecule has 0 bridgehead atoms. The molecule has 0 aromatic heterocycles. The number of carbonyl (C=O) groups is 1. The van der Waals surface area contributed by atoms with Crippen molar-refractivity contribution in [2.75, 3.05) is 26.0 Å². The fraction of sp³-hybridized carbons (Fsp3) is 0.857. The van der Waals surface area contributed by atoms with Gasteiger partial charge >= 0.3 is 5.97 Å². The topological polar surface area (TPSA) is 113 Å². The Morgan fingerprint density at radius 2 is 2.13 bits per heavy atom. The first kappa shape index (κ1) is 14.3. The number of hydrogen-bond donors (Lipinski definition) is 3. The quantitative estimate of drug-likeness (QED) is 0.440. The smallest absolute Gasteiger partial charge is 0.333 e. The zero-order valence-corrected chi connectivity index (χ0v) is 9.16. The van der Waals surface area contributed by atoms with Crippen LogP contribution in [0, 0.1) is 0 Å². The maximum atomic E-state index is 11.2. The summed E-state index contributed by atoms with van der Waals surface area (Å²) in [6.45, 7) is -0.215. The van der Waals surface area contributed by atoms with Crippen molar-refractivity contribution in [1.29, 1.82) is 0 Å². The van der Waals surface area contributed by atoms with Crippen molar-refractivity contribution in [3.63, 3.8) is 0 Å². The summed E-state index contributed by atoms with van der Waals surface area (Å²) in [7, 11) is -2.08. The molecule has 15 heavy (non-hydrogen) atoms. The summed E-state index contributed by atoms with van der Waals surface area (Å²) in [6.07, 6.45) is -1.41. The second-order valence-electron chi connectivity index (χ2n) is 2.87. The molecule has 0 unspecified atom stereocenters. The Kier molecular flexibility index (Phi) is 6.41. The third kappa shape index (κ3) is 7.25. The van der Waals surface area contributed by atoms with Crippen LogP contribution in [0.15, 0.2) is 0 Å². The number of rotatable bonds is 8. The van der Waals surface area contributed by atoms with Crippen molar-refractivity contribution in [2.45, 2.75) is 12.5 Å². The van der Waals surface area contributed by atoms with Gasteiger partial charge in [0, 0.05) is 20.3 Å². The van der Waals surface area contributed by atoms with Crippen molar-refractivity contribution < 1.29 is 28.2 Å². The Hall–Kier alpha value is -0.700. The van der Waals surface area contributed by atoms with Crippen LogP contribution in [0.2, 0.25) is 0 Å². The van der Waals surface area contributed by atoms with Crippen molar-refractivity contribution in [3.05, 3.63) is 0 Å². The van der Waals surface area contributed by atoms with E-state index in [-0.39, 0.29) is 5.75 Å². The SMILES string of the molecule is COCCCS(=O)(=O)NC[C@H](O)C(=O)O. The highest BCUT2D eigenvalue weighted by Gasteiger charge is 2.17. The summed E-state index contributed by atoms with van der Waals surface area (Å²) in [5.74, 6) is -1.62. The molecule has 0 amide bonds. The van der Waals surface area contributed by atoms with Crippen molar-refractivity contribution in [3.8, 4) is 0 Å². The van der Waals surface area contributed by atoms with Crippen molar-refractivity contribution in [2.24, 2.45) is 0 Å². The predicted molar refractivity (Wildman–Crippen MR) is 51.9 cm³/mol. The summed E-state index contributed by atoms with van der Waals surface area (Å²) in [5.41, 5.74) is 0. The fourth-order valence-corrected chi connectivity index (χ4v) is 1.81. The number of aliphatic hydroxyl groups excluding tert-OH is 1. The van der Waals surface area contributed by atoms with Gasteiger partial charge < -0.3 is 14.9 Å². The Labute approximate surface area is 88.1 Å². The molecule has 0 saturated heterocycles. The van der Waals surface area contributed by atoms with Crippen LogP contribution in [0.1, 0.15) is 6.42 Å². The molecule has 0 spiro atoms. The fourth-order valence-electron chi connectivity index (χ4n) is 0.759. The van der Waals surface area contributed by atoms with Gasteiger partial charge in [0.15, 0.2) is 6.10 Å². The number of hydrogen-bond acceptors (Lipinski definition) is 5. The van der Waals surface area contributed by atoms with Gasteiger partial charge in [0.1, 0.15) is 0 Å². The Morgan fingerprint density at radius 1 is 1.53 bits per heavy atom. The maximum absolute atomic E-state index is 11.2. The zero-order valence-electron chi connectivity index (χ0n) is 8.34. The summed E-state index contributed by atoms with van der Waals surface area (Å²) in [6, 6.07) is 0. The average molecular weight is 241 g/mol. The lowest BCUT2D eigenvalue weighted by Gasteiger charge is -2.08. The number of aliphatic hydroxyl groups is 1. The van der Waals surface area contributed by atoms with E-state index in [0.717, 1.165) is 0 Å². The highest BCUT2D eigenvalue weighted by molar-refractivity contribution is 7.89. The van der Waals surface area contributed by atoms with E-state index < -0.39 is 28.6 Å². The van der Waals surface area contributed by atoms with E-state index >= 15 is 0 Å². The highest BCUT2D eigenvalue weighted by atomic mass is 32.2. The molecule has 7 nitrogen and oxygen atoms in total. The Balaban J connectivity index is 3.89. The Bertz CT molecular complexity index is 288. The van der Waals surface area contributed by atoms with Gasteiger partial charge in [0.2, 0.25) is 10.0 Å². The second-order valence-corrected chi connectivity index (χ2v) is 4.79. The minimum absolute atomic E-state index is 0.160. The highest BCUT2D eigenvalue weighted by Crippen LogP contribution is 1.91. The van der Waals surface area contributed by atoms with E-state index in [2.05, 4.69) is 4.74 Å². The number of methoxy groups -OCH3 is 1. The summed E-state index contributed by atoms with van der Waals surface area (Å²) in [5, 5.41) is 17.1. The molecule has 0 radical (unpaired) electrons. The van der Waals surface area contributed by atoms with Gasteiger partial charge in [-0.05, 0) is 6.42 Å². The van der Waals surface area contributed by atoms with Crippen molar-refractivity contribution in [1.82, 2.24) is 4.72 Å². The van der Waals surface area contributed by atoms with E-state index in [9.17, 15) is 13.2 Å².